The Morgan fingerprint density at radius 1 is 1.38 bits per heavy atom. The lowest BCUT2D eigenvalue weighted by molar-refractivity contribution is -0.166. The van der Waals surface area contributed by atoms with E-state index in [1.807, 2.05) is 32.2 Å². The molecule has 2 aromatic rings. The molecule has 2 fully saturated rings. The molecule has 122 valence electrons. The van der Waals surface area contributed by atoms with Crippen LogP contribution in [0, 0.1) is 23.2 Å². The fraction of sp³-hybridized carbons (Fsp3) is 0.444. The first kappa shape index (κ1) is 14.0. The van der Waals surface area contributed by atoms with E-state index in [1.165, 1.54) is 6.33 Å². The van der Waals surface area contributed by atoms with Gasteiger partial charge in [0.15, 0.2) is 5.79 Å². The molecule has 1 saturated carbocycles. The average molecular weight is 322 g/mol. The Morgan fingerprint density at radius 3 is 2.92 bits per heavy atom. The number of ether oxygens (including phenoxy) is 2. The van der Waals surface area contributed by atoms with Gasteiger partial charge in [-0.15, -0.1) is 6.58 Å². The molecular formula is C18H18N4O2. The van der Waals surface area contributed by atoms with E-state index in [2.05, 4.69) is 33.0 Å². The predicted molar refractivity (Wildman–Crippen MR) is 88.7 cm³/mol. The molecule has 5 rings (SSSR count). The van der Waals surface area contributed by atoms with Crippen LogP contribution in [0.5, 0.6) is 0 Å². The third kappa shape index (κ3) is 1.49. The molecular weight excluding hydrogens is 304 g/mol. The third-order valence-corrected chi connectivity index (χ3v) is 5.44. The van der Waals surface area contributed by atoms with Crippen LogP contribution in [-0.4, -0.2) is 32.5 Å². The van der Waals surface area contributed by atoms with E-state index in [-0.39, 0.29) is 29.6 Å². The molecule has 1 aliphatic heterocycles. The first-order chi connectivity index (χ1) is 11.5. The van der Waals surface area contributed by atoms with Gasteiger partial charge >= 0.3 is 0 Å². The Bertz CT molecular complexity index is 937. The number of hydrogen-bond donors (Lipinski definition) is 1. The van der Waals surface area contributed by atoms with Gasteiger partial charge in [0.1, 0.15) is 30.0 Å². The molecule has 1 saturated heterocycles. The van der Waals surface area contributed by atoms with Crippen LogP contribution in [-0.2, 0) is 9.47 Å². The summed E-state index contributed by atoms with van der Waals surface area (Å²) >= 11 is 0. The summed E-state index contributed by atoms with van der Waals surface area (Å²) in [5.74, 6) is 6.52. The van der Waals surface area contributed by atoms with Crippen molar-refractivity contribution in [3.8, 4) is 11.8 Å². The van der Waals surface area contributed by atoms with Crippen LogP contribution in [0.25, 0.3) is 11.0 Å². The first-order valence-electron chi connectivity index (χ1n) is 8.06. The summed E-state index contributed by atoms with van der Waals surface area (Å²) in [5.41, 5.74) is 6.42. The normalized spacial score (nSPS) is 38.1. The highest BCUT2D eigenvalue weighted by atomic mass is 16.8. The van der Waals surface area contributed by atoms with Crippen molar-refractivity contribution in [2.24, 2.45) is 11.3 Å². The van der Waals surface area contributed by atoms with Gasteiger partial charge in [-0.25, -0.2) is 9.97 Å². The van der Waals surface area contributed by atoms with E-state index < -0.39 is 5.79 Å². The summed E-state index contributed by atoms with van der Waals surface area (Å²) in [6.07, 6.45) is 5.15. The molecule has 0 amide bonds. The molecule has 6 nitrogen and oxygen atoms in total. The lowest BCUT2D eigenvalue weighted by Crippen LogP contribution is -2.41. The van der Waals surface area contributed by atoms with Crippen LogP contribution in [0.4, 0.5) is 5.82 Å². The molecule has 0 bridgehead atoms. The average Bonchev–Trinajstić information content (AvgIpc) is 3.10. The van der Waals surface area contributed by atoms with Crippen LogP contribution in [0.1, 0.15) is 19.9 Å². The van der Waals surface area contributed by atoms with Crippen LogP contribution in [0.2, 0.25) is 0 Å². The number of rotatable bonds is 2. The SMILES string of the molecule is C=C[C@@]12C#C[C@@H]1[C@@H](n1ccc3c(N)ncnc31)[C@@H]1OC(C)(C)O[C@@H]12. The highest BCUT2D eigenvalue weighted by Crippen LogP contribution is 2.60. The summed E-state index contributed by atoms with van der Waals surface area (Å²) < 4.78 is 14.6. The van der Waals surface area contributed by atoms with Crippen LogP contribution in [0.15, 0.2) is 31.2 Å². The predicted octanol–water partition coefficient (Wildman–Crippen LogP) is 1.89. The lowest BCUT2D eigenvalue weighted by atomic mass is 9.70. The largest absolute Gasteiger partial charge is 0.383 e. The van der Waals surface area contributed by atoms with Crippen molar-refractivity contribution >= 4 is 16.9 Å². The summed E-state index contributed by atoms with van der Waals surface area (Å²) in [5, 5.41) is 0.843. The van der Waals surface area contributed by atoms with Crippen molar-refractivity contribution in [1.82, 2.24) is 14.5 Å². The van der Waals surface area contributed by atoms with Gasteiger partial charge in [0, 0.05) is 6.20 Å². The van der Waals surface area contributed by atoms with Crippen molar-refractivity contribution < 1.29 is 9.47 Å². The zero-order valence-corrected chi connectivity index (χ0v) is 13.6. The van der Waals surface area contributed by atoms with E-state index in [0.717, 1.165) is 11.0 Å². The van der Waals surface area contributed by atoms with Crippen molar-refractivity contribution in [2.75, 3.05) is 5.73 Å². The zero-order chi connectivity index (χ0) is 16.7. The van der Waals surface area contributed by atoms with Crippen molar-refractivity contribution in [3.63, 3.8) is 0 Å². The number of fused-ring (bicyclic) bond motifs is 4. The number of nitrogens with two attached hydrogens (primary N) is 1. The van der Waals surface area contributed by atoms with Gasteiger partial charge in [0.05, 0.1) is 22.8 Å². The summed E-state index contributed by atoms with van der Waals surface area (Å²) in [6.45, 7) is 7.90. The summed E-state index contributed by atoms with van der Waals surface area (Å²) in [4.78, 5) is 8.50. The maximum absolute atomic E-state index is 6.25. The van der Waals surface area contributed by atoms with Crippen LogP contribution >= 0.6 is 0 Å². The molecule has 0 aromatic carbocycles. The standard InChI is InChI=1S/C18H18N4O2/c1-4-18-7-5-11(18)12(13-14(18)24-17(2,3)23-13)22-8-6-10-15(19)20-9-21-16(10)22/h4,6,8-9,11-14H,1H2,2-3H3,(H2,19,20,21)/t11-,12-,13+,14+,18-/m1/s1. The third-order valence-electron chi connectivity index (χ3n) is 5.44. The number of hydrogen-bond acceptors (Lipinski definition) is 5. The minimum absolute atomic E-state index is 0.00262. The van der Waals surface area contributed by atoms with E-state index in [9.17, 15) is 0 Å². The number of anilines is 1. The second kappa shape index (κ2) is 4.18. The highest BCUT2D eigenvalue weighted by molar-refractivity contribution is 5.86. The van der Waals surface area contributed by atoms with Gasteiger partial charge in [0.25, 0.3) is 0 Å². The second-order valence-electron chi connectivity index (χ2n) is 7.11. The smallest absolute Gasteiger partial charge is 0.163 e. The van der Waals surface area contributed by atoms with Crippen LogP contribution < -0.4 is 5.73 Å². The Kier molecular flexibility index (Phi) is 2.44. The number of aromatic nitrogens is 3. The molecule has 0 spiro atoms. The maximum atomic E-state index is 6.25. The fourth-order valence-electron chi connectivity index (χ4n) is 4.38. The summed E-state index contributed by atoms with van der Waals surface area (Å²) in [7, 11) is 0. The summed E-state index contributed by atoms with van der Waals surface area (Å²) in [6, 6.07) is 1.95. The van der Waals surface area contributed by atoms with Crippen molar-refractivity contribution in [1.29, 1.82) is 0 Å². The van der Waals surface area contributed by atoms with Gasteiger partial charge in [-0.1, -0.05) is 17.9 Å². The molecule has 0 radical (unpaired) electrons. The zero-order valence-electron chi connectivity index (χ0n) is 13.6. The van der Waals surface area contributed by atoms with Crippen LogP contribution in [0.3, 0.4) is 0 Å². The van der Waals surface area contributed by atoms with Gasteiger partial charge in [-0.3, -0.25) is 0 Å². The molecule has 2 aromatic heterocycles. The minimum Gasteiger partial charge on any atom is -0.383 e. The molecule has 6 heteroatoms. The quantitative estimate of drug-likeness (QED) is 0.675. The van der Waals surface area contributed by atoms with Gasteiger partial charge < -0.3 is 19.8 Å². The van der Waals surface area contributed by atoms with E-state index in [1.54, 1.807) is 0 Å². The van der Waals surface area contributed by atoms with Gasteiger partial charge in [-0.2, -0.15) is 0 Å². The molecule has 5 atom stereocenters. The van der Waals surface area contributed by atoms with E-state index in [0.29, 0.717) is 5.82 Å². The Labute approximate surface area is 139 Å². The monoisotopic (exact) mass is 322 g/mol. The number of nitrogens with zero attached hydrogens (tertiary/aromatic N) is 3. The van der Waals surface area contributed by atoms with Crippen molar-refractivity contribution in [2.45, 2.75) is 37.9 Å². The molecule has 3 aliphatic rings. The van der Waals surface area contributed by atoms with Crippen molar-refractivity contribution in [3.05, 3.63) is 31.2 Å². The molecule has 24 heavy (non-hydrogen) atoms. The Balaban J connectivity index is 1.69. The molecule has 2 aliphatic carbocycles. The second-order valence-corrected chi connectivity index (χ2v) is 7.11. The Hall–Kier alpha value is -2.36. The highest BCUT2D eigenvalue weighted by Gasteiger charge is 2.68. The van der Waals surface area contributed by atoms with Gasteiger partial charge in [0.2, 0.25) is 0 Å². The Morgan fingerprint density at radius 2 is 2.21 bits per heavy atom. The van der Waals surface area contributed by atoms with Gasteiger partial charge in [-0.05, 0) is 19.9 Å². The fourth-order valence-corrected chi connectivity index (χ4v) is 4.38. The lowest BCUT2D eigenvalue weighted by Gasteiger charge is -2.37. The van der Waals surface area contributed by atoms with E-state index >= 15 is 0 Å². The molecule has 2 N–H and O–H groups in total. The maximum Gasteiger partial charge on any atom is 0.163 e. The molecule has 0 unspecified atom stereocenters. The molecule has 3 heterocycles. The topological polar surface area (TPSA) is 75.2 Å². The first-order valence-corrected chi connectivity index (χ1v) is 8.06. The minimum atomic E-state index is -0.636. The van der Waals surface area contributed by atoms with E-state index in [4.69, 9.17) is 15.2 Å². The number of nitrogen functional groups attached to an aromatic ring is 1.